The van der Waals surface area contributed by atoms with Gasteiger partial charge in [0.25, 0.3) is 0 Å². The molecule has 1 aliphatic rings. The molecule has 0 aromatic carbocycles. The number of hydrogen-bond donors (Lipinski definition) is 2. The van der Waals surface area contributed by atoms with Crippen molar-refractivity contribution in [1.82, 2.24) is 15.4 Å². The van der Waals surface area contributed by atoms with Crippen LogP contribution < -0.4 is 5.32 Å². The number of hydrogen-bond acceptors (Lipinski definition) is 5. The van der Waals surface area contributed by atoms with Gasteiger partial charge in [0.1, 0.15) is 11.8 Å². The highest BCUT2D eigenvalue weighted by atomic mass is 16.5. The highest BCUT2D eigenvalue weighted by Crippen LogP contribution is 2.32. The van der Waals surface area contributed by atoms with Gasteiger partial charge >= 0.3 is 5.97 Å². The average Bonchev–Trinajstić information content (AvgIpc) is 3.11. The lowest BCUT2D eigenvalue weighted by atomic mass is 10.0. The molecule has 0 spiro atoms. The van der Waals surface area contributed by atoms with Gasteiger partial charge in [-0.1, -0.05) is 18.5 Å². The molecule has 1 aliphatic heterocycles. The molecule has 2 rings (SSSR count). The van der Waals surface area contributed by atoms with Crippen LogP contribution in [0.3, 0.4) is 0 Å². The van der Waals surface area contributed by atoms with Crippen molar-refractivity contribution in [2.75, 3.05) is 19.6 Å². The largest absolute Gasteiger partial charge is 0.480 e. The minimum absolute atomic E-state index is 0.0573. The number of aromatic nitrogens is 1. The monoisotopic (exact) mass is 309 g/mol. The number of nitrogens with zero attached hydrogens (tertiary/aromatic N) is 2. The summed E-state index contributed by atoms with van der Waals surface area (Å²) < 4.78 is 5.18. The Bertz CT molecular complexity index is 503. The summed E-state index contributed by atoms with van der Waals surface area (Å²) in [6.07, 6.45) is 3.00. The van der Waals surface area contributed by atoms with Crippen molar-refractivity contribution < 1.29 is 19.2 Å². The predicted molar refractivity (Wildman–Crippen MR) is 79.3 cm³/mol. The van der Waals surface area contributed by atoms with Crippen molar-refractivity contribution in [3.63, 3.8) is 0 Å². The highest BCUT2D eigenvalue weighted by Gasteiger charge is 2.39. The van der Waals surface area contributed by atoms with E-state index in [-0.39, 0.29) is 17.7 Å². The molecule has 2 heterocycles. The maximum Gasteiger partial charge on any atom is 0.320 e. The van der Waals surface area contributed by atoms with Crippen LogP contribution in [0.15, 0.2) is 16.8 Å². The van der Waals surface area contributed by atoms with Gasteiger partial charge in [-0.25, -0.2) is 0 Å². The molecule has 7 nitrogen and oxygen atoms in total. The molecule has 0 bridgehead atoms. The van der Waals surface area contributed by atoms with E-state index in [4.69, 9.17) is 4.52 Å². The van der Waals surface area contributed by atoms with Crippen LogP contribution in [0.1, 0.15) is 38.4 Å². The maximum absolute atomic E-state index is 11.5. The van der Waals surface area contributed by atoms with Crippen molar-refractivity contribution >= 4 is 11.9 Å². The maximum atomic E-state index is 11.5. The second-order valence-corrected chi connectivity index (χ2v) is 5.87. The summed E-state index contributed by atoms with van der Waals surface area (Å²) in [6.45, 7) is 5.40. The molecule has 122 valence electrons. The normalized spacial score (nSPS) is 23.4. The number of carboxylic acid groups (broad SMARTS) is 1. The van der Waals surface area contributed by atoms with Gasteiger partial charge < -0.3 is 14.9 Å². The number of likely N-dealkylation sites (tertiary alicyclic amines) is 1. The lowest BCUT2D eigenvalue weighted by Gasteiger charge is -2.26. The third kappa shape index (κ3) is 4.07. The zero-order chi connectivity index (χ0) is 16.1. The minimum atomic E-state index is -0.809. The topological polar surface area (TPSA) is 95.7 Å². The number of carbonyl (C=O) groups is 2. The van der Waals surface area contributed by atoms with Crippen molar-refractivity contribution in [2.45, 2.75) is 38.6 Å². The van der Waals surface area contributed by atoms with Gasteiger partial charge in [-0.3, -0.25) is 14.5 Å². The van der Waals surface area contributed by atoms with Crippen LogP contribution in [-0.2, 0) is 9.59 Å². The molecule has 1 saturated heterocycles. The second kappa shape index (κ2) is 7.40. The van der Waals surface area contributed by atoms with Crippen LogP contribution in [0.5, 0.6) is 0 Å². The number of aliphatic carboxylic acids is 1. The Balaban J connectivity index is 2.00. The van der Waals surface area contributed by atoms with E-state index in [1.807, 2.05) is 11.8 Å². The SMILES string of the molecule is CCC(CNC(C)=O)CN1CC(c2ccno2)CC1C(=O)O. The summed E-state index contributed by atoms with van der Waals surface area (Å²) in [6, 6.07) is 1.28. The fraction of sp³-hybridized carbons (Fsp3) is 0.667. The average molecular weight is 309 g/mol. The van der Waals surface area contributed by atoms with Gasteiger partial charge in [0.2, 0.25) is 5.91 Å². The number of carboxylic acids is 1. The first-order valence-corrected chi connectivity index (χ1v) is 7.63. The Labute approximate surface area is 129 Å². The predicted octanol–water partition coefficient (Wildman–Crippen LogP) is 1.08. The molecule has 3 atom stereocenters. The molecule has 1 amide bonds. The molecule has 0 aliphatic carbocycles. The van der Waals surface area contributed by atoms with Crippen LogP contribution in [-0.4, -0.2) is 52.7 Å². The molecular formula is C15H23N3O4. The minimum Gasteiger partial charge on any atom is -0.480 e. The fourth-order valence-electron chi connectivity index (χ4n) is 2.96. The third-order valence-electron chi connectivity index (χ3n) is 4.26. The second-order valence-electron chi connectivity index (χ2n) is 5.87. The lowest BCUT2D eigenvalue weighted by Crippen LogP contribution is -2.41. The summed E-state index contributed by atoms with van der Waals surface area (Å²) in [4.78, 5) is 24.5. The first-order chi connectivity index (χ1) is 10.5. The Morgan fingerprint density at radius 1 is 1.59 bits per heavy atom. The van der Waals surface area contributed by atoms with Crippen LogP contribution in [0.25, 0.3) is 0 Å². The van der Waals surface area contributed by atoms with Gasteiger partial charge in [0.05, 0.1) is 6.20 Å². The van der Waals surface area contributed by atoms with Gasteiger partial charge in [-0.2, -0.15) is 0 Å². The number of rotatable bonds is 7. The van der Waals surface area contributed by atoms with Gasteiger partial charge in [-0.05, 0) is 12.3 Å². The van der Waals surface area contributed by atoms with E-state index in [0.29, 0.717) is 26.1 Å². The van der Waals surface area contributed by atoms with E-state index in [1.165, 1.54) is 6.92 Å². The van der Waals surface area contributed by atoms with Crippen molar-refractivity contribution in [1.29, 1.82) is 0 Å². The van der Waals surface area contributed by atoms with E-state index < -0.39 is 12.0 Å². The summed E-state index contributed by atoms with van der Waals surface area (Å²) in [7, 11) is 0. The van der Waals surface area contributed by atoms with Crippen LogP contribution in [0.4, 0.5) is 0 Å². The summed E-state index contributed by atoms with van der Waals surface area (Å²) in [5.74, 6) is 0.162. The molecule has 1 fully saturated rings. The fourth-order valence-corrected chi connectivity index (χ4v) is 2.96. The Hall–Kier alpha value is -1.89. The molecular weight excluding hydrogens is 286 g/mol. The van der Waals surface area contributed by atoms with Crippen molar-refractivity contribution in [2.24, 2.45) is 5.92 Å². The van der Waals surface area contributed by atoms with Gasteiger partial charge in [-0.15, -0.1) is 0 Å². The van der Waals surface area contributed by atoms with Crippen LogP contribution >= 0.6 is 0 Å². The molecule has 0 saturated carbocycles. The van der Waals surface area contributed by atoms with E-state index in [9.17, 15) is 14.7 Å². The molecule has 22 heavy (non-hydrogen) atoms. The van der Waals surface area contributed by atoms with Gasteiger partial charge in [0, 0.05) is 38.5 Å². The molecule has 2 N–H and O–H groups in total. The van der Waals surface area contributed by atoms with E-state index in [2.05, 4.69) is 10.5 Å². The van der Waals surface area contributed by atoms with E-state index in [0.717, 1.165) is 12.2 Å². The van der Waals surface area contributed by atoms with Crippen molar-refractivity contribution in [3.05, 3.63) is 18.0 Å². The first kappa shape index (κ1) is 16.5. The number of nitrogens with one attached hydrogen (secondary N) is 1. The third-order valence-corrected chi connectivity index (χ3v) is 4.26. The first-order valence-electron chi connectivity index (χ1n) is 7.63. The molecule has 0 radical (unpaired) electrons. The quantitative estimate of drug-likeness (QED) is 0.782. The molecule has 1 aromatic heterocycles. The van der Waals surface area contributed by atoms with E-state index >= 15 is 0 Å². The summed E-state index contributed by atoms with van der Waals surface area (Å²) >= 11 is 0. The summed E-state index contributed by atoms with van der Waals surface area (Å²) in [5.41, 5.74) is 0. The zero-order valence-electron chi connectivity index (χ0n) is 13.0. The number of carbonyl (C=O) groups excluding carboxylic acids is 1. The Morgan fingerprint density at radius 3 is 2.91 bits per heavy atom. The lowest BCUT2D eigenvalue weighted by molar-refractivity contribution is -0.142. The standard InChI is InChI=1S/C15H23N3O4/c1-3-11(7-16-10(2)19)8-18-9-12(6-13(18)15(20)21)14-4-5-17-22-14/h4-5,11-13H,3,6-9H2,1-2H3,(H,16,19)(H,20,21). The zero-order valence-corrected chi connectivity index (χ0v) is 13.0. The van der Waals surface area contributed by atoms with Crippen molar-refractivity contribution in [3.8, 4) is 0 Å². The molecule has 1 aromatic rings. The Kier molecular flexibility index (Phi) is 5.54. The smallest absolute Gasteiger partial charge is 0.320 e. The number of amides is 1. The summed E-state index contributed by atoms with van der Waals surface area (Å²) in [5, 5.41) is 16.0. The van der Waals surface area contributed by atoms with Gasteiger partial charge in [0.15, 0.2) is 0 Å². The Morgan fingerprint density at radius 2 is 2.36 bits per heavy atom. The van der Waals surface area contributed by atoms with E-state index in [1.54, 1.807) is 12.3 Å². The van der Waals surface area contributed by atoms with Crippen LogP contribution in [0.2, 0.25) is 0 Å². The molecule has 3 unspecified atom stereocenters. The van der Waals surface area contributed by atoms with Crippen LogP contribution in [0, 0.1) is 5.92 Å². The molecule has 7 heteroatoms. The highest BCUT2D eigenvalue weighted by molar-refractivity contribution is 5.74.